The molecule has 0 spiro atoms. The monoisotopic (exact) mass is 227 g/mol. The number of hydrogen-bond acceptors (Lipinski definition) is 3. The summed E-state index contributed by atoms with van der Waals surface area (Å²) >= 11 is 0. The van der Waals surface area contributed by atoms with Crippen LogP contribution in [-0.4, -0.2) is 20.9 Å². The summed E-state index contributed by atoms with van der Waals surface area (Å²) in [5.74, 6) is -1.20. The van der Waals surface area contributed by atoms with E-state index in [-0.39, 0.29) is 11.3 Å². The molecule has 2 rings (SSSR count). The van der Waals surface area contributed by atoms with Crippen LogP contribution in [0.3, 0.4) is 0 Å². The van der Waals surface area contributed by atoms with Crippen molar-refractivity contribution in [3.05, 3.63) is 47.3 Å². The number of carbonyl (C=O) groups is 1. The zero-order chi connectivity index (χ0) is 12.4. The summed E-state index contributed by atoms with van der Waals surface area (Å²) in [5, 5.41) is 21.6. The highest BCUT2D eigenvalue weighted by Crippen LogP contribution is 2.12. The van der Waals surface area contributed by atoms with E-state index in [2.05, 4.69) is 5.10 Å². The lowest BCUT2D eigenvalue weighted by molar-refractivity contribution is 0.0689. The van der Waals surface area contributed by atoms with Gasteiger partial charge in [-0.25, -0.2) is 9.48 Å². The van der Waals surface area contributed by atoms with Gasteiger partial charge in [0.1, 0.15) is 11.6 Å². The molecule has 0 saturated heterocycles. The first-order valence-electron chi connectivity index (χ1n) is 4.92. The lowest BCUT2D eigenvalue weighted by Crippen LogP contribution is -2.01. The quantitative estimate of drug-likeness (QED) is 0.847. The molecule has 17 heavy (non-hydrogen) atoms. The van der Waals surface area contributed by atoms with E-state index in [4.69, 9.17) is 10.4 Å². The van der Waals surface area contributed by atoms with Crippen LogP contribution in [0.1, 0.15) is 21.6 Å². The van der Waals surface area contributed by atoms with Gasteiger partial charge in [0.05, 0.1) is 5.69 Å². The van der Waals surface area contributed by atoms with Gasteiger partial charge in [-0.15, -0.1) is 0 Å². The molecular formula is C12H9N3O2. The Morgan fingerprint density at radius 3 is 2.53 bits per heavy atom. The first-order valence-corrected chi connectivity index (χ1v) is 4.92. The van der Waals surface area contributed by atoms with Crippen molar-refractivity contribution in [3.63, 3.8) is 0 Å². The van der Waals surface area contributed by atoms with Gasteiger partial charge in [-0.3, -0.25) is 0 Å². The molecular weight excluding hydrogens is 218 g/mol. The smallest absolute Gasteiger partial charge is 0.357 e. The summed E-state index contributed by atoms with van der Waals surface area (Å²) in [4.78, 5) is 10.9. The Kier molecular flexibility index (Phi) is 2.63. The van der Waals surface area contributed by atoms with Crippen LogP contribution >= 0.6 is 0 Å². The van der Waals surface area contributed by atoms with E-state index in [9.17, 15) is 4.79 Å². The third-order valence-corrected chi connectivity index (χ3v) is 2.34. The average Bonchev–Trinajstić information content (AvgIpc) is 2.74. The van der Waals surface area contributed by atoms with Gasteiger partial charge >= 0.3 is 5.97 Å². The molecule has 0 aliphatic rings. The molecule has 0 aliphatic carbocycles. The maximum atomic E-state index is 10.9. The topological polar surface area (TPSA) is 78.9 Å². The van der Waals surface area contributed by atoms with E-state index in [0.717, 1.165) is 11.3 Å². The highest BCUT2D eigenvalue weighted by molar-refractivity contribution is 5.88. The molecule has 1 N–H and O–H groups in total. The van der Waals surface area contributed by atoms with Crippen LogP contribution in [-0.2, 0) is 0 Å². The second-order valence-corrected chi connectivity index (χ2v) is 3.59. The van der Waals surface area contributed by atoms with E-state index >= 15 is 0 Å². The van der Waals surface area contributed by atoms with Gasteiger partial charge in [-0.05, 0) is 19.1 Å². The fourth-order valence-corrected chi connectivity index (χ4v) is 1.44. The Bertz CT molecular complexity index is 606. The van der Waals surface area contributed by atoms with E-state index in [1.54, 1.807) is 0 Å². The van der Waals surface area contributed by atoms with Gasteiger partial charge in [0.25, 0.3) is 0 Å². The van der Waals surface area contributed by atoms with Gasteiger partial charge < -0.3 is 5.11 Å². The summed E-state index contributed by atoms with van der Waals surface area (Å²) in [7, 11) is 0. The standard InChI is InChI=1S/C12H9N3O2/c1-8-2-4-10(5-3-8)15-7-9(6-13)11(14-15)12(16)17/h2-5,7H,1H3,(H,16,17). The summed E-state index contributed by atoms with van der Waals surface area (Å²) in [6.45, 7) is 1.95. The van der Waals surface area contributed by atoms with E-state index < -0.39 is 5.97 Å². The number of hydrogen-bond donors (Lipinski definition) is 1. The van der Waals surface area contributed by atoms with Crippen molar-refractivity contribution < 1.29 is 9.90 Å². The molecule has 0 radical (unpaired) electrons. The van der Waals surface area contributed by atoms with E-state index in [0.29, 0.717) is 0 Å². The number of rotatable bonds is 2. The molecule has 2 aromatic rings. The first-order chi connectivity index (χ1) is 8.11. The predicted molar refractivity (Wildman–Crippen MR) is 60.0 cm³/mol. The summed E-state index contributed by atoms with van der Waals surface area (Å²) < 4.78 is 1.39. The second-order valence-electron chi connectivity index (χ2n) is 3.59. The minimum atomic E-state index is -1.20. The Morgan fingerprint density at radius 2 is 2.06 bits per heavy atom. The number of carboxylic acid groups (broad SMARTS) is 1. The molecule has 0 saturated carbocycles. The van der Waals surface area contributed by atoms with Crippen LogP contribution < -0.4 is 0 Å². The Morgan fingerprint density at radius 1 is 1.41 bits per heavy atom. The van der Waals surface area contributed by atoms with Crippen molar-refractivity contribution in [1.29, 1.82) is 5.26 Å². The minimum absolute atomic E-state index is 0.0538. The predicted octanol–water partition coefficient (Wildman–Crippen LogP) is 1.75. The summed E-state index contributed by atoms with van der Waals surface area (Å²) in [5.41, 5.74) is 1.64. The SMILES string of the molecule is Cc1ccc(-n2cc(C#N)c(C(=O)O)n2)cc1. The third-order valence-electron chi connectivity index (χ3n) is 2.34. The van der Waals surface area contributed by atoms with Gasteiger partial charge in [0.15, 0.2) is 5.69 Å². The molecule has 1 heterocycles. The van der Waals surface area contributed by atoms with Crippen LogP contribution in [0, 0.1) is 18.3 Å². The van der Waals surface area contributed by atoms with Crippen molar-refractivity contribution >= 4 is 5.97 Å². The first kappa shape index (κ1) is 10.9. The molecule has 0 aliphatic heterocycles. The largest absolute Gasteiger partial charge is 0.476 e. The fourth-order valence-electron chi connectivity index (χ4n) is 1.44. The lowest BCUT2D eigenvalue weighted by atomic mass is 10.2. The molecule has 84 valence electrons. The molecule has 5 heteroatoms. The number of nitriles is 1. The highest BCUT2D eigenvalue weighted by Gasteiger charge is 2.15. The Balaban J connectivity index is 2.51. The van der Waals surface area contributed by atoms with E-state index in [1.165, 1.54) is 10.9 Å². The number of aryl methyl sites for hydroxylation is 1. The normalized spacial score (nSPS) is 9.88. The average molecular weight is 227 g/mol. The lowest BCUT2D eigenvalue weighted by Gasteiger charge is -2.00. The van der Waals surface area contributed by atoms with Crippen LogP contribution in [0.4, 0.5) is 0 Å². The molecule has 1 aromatic carbocycles. The zero-order valence-electron chi connectivity index (χ0n) is 9.08. The van der Waals surface area contributed by atoms with Crippen molar-refractivity contribution in [2.45, 2.75) is 6.92 Å². The van der Waals surface area contributed by atoms with Crippen LogP contribution in [0.25, 0.3) is 5.69 Å². The Hall–Kier alpha value is -2.61. The number of aromatic nitrogens is 2. The van der Waals surface area contributed by atoms with Crippen molar-refractivity contribution in [1.82, 2.24) is 9.78 Å². The van der Waals surface area contributed by atoms with Gasteiger partial charge in [0, 0.05) is 6.20 Å². The zero-order valence-corrected chi connectivity index (χ0v) is 9.08. The third kappa shape index (κ3) is 2.01. The molecule has 0 atom stereocenters. The highest BCUT2D eigenvalue weighted by atomic mass is 16.4. The van der Waals surface area contributed by atoms with Crippen LogP contribution in [0.15, 0.2) is 30.5 Å². The maximum absolute atomic E-state index is 10.9. The van der Waals surface area contributed by atoms with Crippen molar-refractivity contribution in [2.75, 3.05) is 0 Å². The van der Waals surface area contributed by atoms with Gasteiger partial charge in [0.2, 0.25) is 0 Å². The molecule has 0 fully saturated rings. The number of aromatic carboxylic acids is 1. The maximum Gasteiger partial charge on any atom is 0.357 e. The van der Waals surface area contributed by atoms with Gasteiger partial charge in [-0.1, -0.05) is 17.7 Å². The van der Waals surface area contributed by atoms with Crippen LogP contribution in [0.2, 0.25) is 0 Å². The Labute approximate surface area is 97.5 Å². The fraction of sp³-hybridized carbons (Fsp3) is 0.0833. The number of benzene rings is 1. The second kappa shape index (κ2) is 4.10. The number of carboxylic acids is 1. The van der Waals surface area contributed by atoms with Crippen molar-refractivity contribution in [2.24, 2.45) is 0 Å². The van der Waals surface area contributed by atoms with E-state index in [1.807, 2.05) is 37.3 Å². The molecule has 1 aromatic heterocycles. The molecule has 0 unspecified atom stereocenters. The van der Waals surface area contributed by atoms with Gasteiger partial charge in [-0.2, -0.15) is 10.4 Å². The molecule has 5 nitrogen and oxygen atoms in total. The van der Waals surface area contributed by atoms with Crippen LogP contribution in [0.5, 0.6) is 0 Å². The summed E-state index contributed by atoms with van der Waals surface area (Å²) in [6.07, 6.45) is 1.41. The molecule has 0 bridgehead atoms. The minimum Gasteiger partial charge on any atom is -0.476 e. The summed E-state index contributed by atoms with van der Waals surface area (Å²) in [6, 6.07) is 9.23. The van der Waals surface area contributed by atoms with Crippen molar-refractivity contribution in [3.8, 4) is 11.8 Å². The number of nitrogens with zero attached hydrogens (tertiary/aromatic N) is 3. The molecule has 0 amide bonds.